The summed E-state index contributed by atoms with van der Waals surface area (Å²) in [6.07, 6.45) is 4.07. The van der Waals surface area contributed by atoms with Gasteiger partial charge in [0.1, 0.15) is 11.0 Å². The molecule has 2 fully saturated rings. The number of likely N-dealkylation sites (tertiary alicyclic amines) is 1. The molecule has 0 unspecified atom stereocenters. The Kier molecular flexibility index (Phi) is 5.45. The average molecular weight is 358 g/mol. The van der Waals surface area contributed by atoms with Crippen LogP contribution in [-0.4, -0.2) is 65.4 Å². The van der Waals surface area contributed by atoms with Crippen LogP contribution in [0.4, 0.5) is 0 Å². The summed E-state index contributed by atoms with van der Waals surface area (Å²) in [4.78, 5) is 16.8. The second-order valence-electron chi connectivity index (χ2n) is 7.36. The number of ether oxygens (including phenoxy) is 1. The lowest BCUT2D eigenvalue weighted by molar-refractivity contribution is -0.135. The van der Waals surface area contributed by atoms with E-state index in [-0.39, 0.29) is 5.91 Å². The molecule has 7 heteroatoms. The van der Waals surface area contributed by atoms with Crippen molar-refractivity contribution in [2.45, 2.75) is 32.2 Å². The molecule has 2 aromatic rings. The molecule has 0 saturated carbocycles. The number of morpholine rings is 1. The molecular formula is C19H26N4O3. The molecular weight excluding hydrogens is 332 g/mol. The van der Waals surface area contributed by atoms with Crippen molar-refractivity contribution in [1.82, 2.24) is 20.1 Å². The quantitative estimate of drug-likeness (QED) is 0.815. The van der Waals surface area contributed by atoms with Crippen molar-refractivity contribution in [3.63, 3.8) is 0 Å². The van der Waals surface area contributed by atoms with Gasteiger partial charge in [0.25, 0.3) is 0 Å². The van der Waals surface area contributed by atoms with Crippen molar-refractivity contribution < 1.29 is 14.2 Å². The van der Waals surface area contributed by atoms with E-state index < -0.39 is 0 Å². The molecule has 26 heavy (non-hydrogen) atoms. The first-order valence-corrected chi connectivity index (χ1v) is 9.57. The normalized spacial score (nSPS) is 22.0. The van der Waals surface area contributed by atoms with Gasteiger partial charge in [-0.1, -0.05) is 6.07 Å². The lowest BCUT2D eigenvalue weighted by Gasteiger charge is -2.33. The largest absolute Gasteiger partial charge is 0.378 e. The van der Waals surface area contributed by atoms with Gasteiger partial charge < -0.3 is 9.64 Å². The molecule has 1 aromatic carbocycles. The summed E-state index contributed by atoms with van der Waals surface area (Å²) in [5.41, 5.74) is 2.84. The second kappa shape index (κ2) is 8.14. The average Bonchev–Trinajstić information content (AvgIpc) is 3.15. The highest BCUT2D eigenvalue weighted by atomic mass is 16.6. The van der Waals surface area contributed by atoms with Crippen LogP contribution >= 0.6 is 0 Å². The van der Waals surface area contributed by atoms with Crippen LogP contribution < -0.4 is 0 Å². The number of aromatic nitrogens is 2. The minimum absolute atomic E-state index is 0.286. The Morgan fingerprint density at radius 1 is 1.15 bits per heavy atom. The summed E-state index contributed by atoms with van der Waals surface area (Å²) in [5.74, 6) is 0.889. The zero-order chi connectivity index (χ0) is 17.8. The van der Waals surface area contributed by atoms with Crippen molar-refractivity contribution in [2.75, 3.05) is 39.4 Å². The maximum absolute atomic E-state index is 12.3. The van der Waals surface area contributed by atoms with E-state index in [0.29, 0.717) is 25.6 Å². The molecule has 7 nitrogen and oxygen atoms in total. The molecule has 0 N–H and O–H groups in total. The molecule has 2 aliphatic heterocycles. The van der Waals surface area contributed by atoms with Crippen LogP contribution in [0.5, 0.6) is 0 Å². The highest BCUT2D eigenvalue weighted by molar-refractivity contribution is 5.76. The lowest BCUT2D eigenvalue weighted by atomic mass is 9.92. The number of piperidine rings is 1. The number of fused-ring (bicyclic) bond motifs is 1. The zero-order valence-electron chi connectivity index (χ0n) is 15.1. The first-order valence-electron chi connectivity index (χ1n) is 9.57. The van der Waals surface area contributed by atoms with Crippen LogP contribution in [-0.2, 0) is 16.1 Å². The molecule has 0 spiro atoms. The van der Waals surface area contributed by atoms with E-state index in [1.165, 1.54) is 18.4 Å². The molecule has 0 bridgehead atoms. The summed E-state index contributed by atoms with van der Waals surface area (Å²) >= 11 is 0. The van der Waals surface area contributed by atoms with Crippen molar-refractivity contribution in [1.29, 1.82) is 0 Å². The molecule has 1 aromatic heterocycles. The van der Waals surface area contributed by atoms with Gasteiger partial charge in [-0.05, 0) is 59.7 Å². The van der Waals surface area contributed by atoms with Gasteiger partial charge in [-0.15, -0.1) is 0 Å². The number of nitrogens with zero attached hydrogens (tertiary/aromatic N) is 4. The standard InChI is InChI=1S/C19H26N4O3/c24-19(23-8-10-25-11-9-23)6-4-15-2-1-7-22(13-15)14-16-3-5-17-18(12-16)21-26-20-17/h3,5,12,15H,1-2,4,6-11,13-14H2/t15-/m1/s1. The van der Waals surface area contributed by atoms with Crippen LogP contribution in [0, 0.1) is 5.92 Å². The second-order valence-corrected chi connectivity index (χ2v) is 7.36. The molecule has 1 amide bonds. The Morgan fingerprint density at radius 3 is 2.88 bits per heavy atom. The van der Waals surface area contributed by atoms with Gasteiger partial charge in [-0.25, -0.2) is 4.63 Å². The Balaban J connectivity index is 1.27. The van der Waals surface area contributed by atoms with E-state index in [1.807, 2.05) is 11.0 Å². The first-order chi connectivity index (χ1) is 12.8. The van der Waals surface area contributed by atoms with Gasteiger partial charge in [0, 0.05) is 32.6 Å². The van der Waals surface area contributed by atoms with Crippen molar-refractivity contribution in [3.8, 4) is 0 Å². The molecule has 2 saturated heterocycles. The first kappa shape index (κ1) is 17.4. The number of amides is 1. The Labute approximate surface area is 153 Å². The van der Waals surface area contributed by atoms with E-state index in [9.17, 15) is 4.79 Å². The highest BCUT2D eigenvalue weighted by Gasteiger charge is 2.23. The van der Waals surface area contributed by atoms with E-state index in [0.717, 1.165) is 50.2 Å². The van der Waals surface area contributed by atoms with Gasteiger partial charge >= 0.3 is 0 Å². The zero-order valence-corrected chi connectivity index (χ0v) is 15.1. The van der Waals surface area contributed by atoms with Gasteiger partial charge in [-0.2, -0.15) is 0 Å². The fourth-order valence-corrected chi connectivity index (χ4v) is 4.01. The number of hydrogen-bond acceptors (Lipinski definition) is 6. The van der Waals surface area contributed by atoms with E-state index >= 15 is 0 Å². The van der Waals surface area contributed by atoms with Crippen LogP contribution in [0.3, 0.4) is 0 Å². The number of benzene rings is 1. The molecule has 4 rings (SSSR count). The smallest absolute Gasteiger partial charge is 0.222 e. The molecule has 2 aliphatic rings. The Hall–Kier alpha value is -1.99. The third kappa shape index (κ3) is 4.22. The number of carbonyl (C=O) groups is 1. The third-order valence-corrected chi connectivity index (χ3v) is 5.46. The van der Waals surface area contributed by atoms with E-state index in [1.54, 1.807) is 0 Å². The Bertz CT molecular complexity index is 741. The predicted molar refractivity (Wildman–Crippen MR) is 96.4 cm³/mol. The number of hydrogen-bond donors (Lipinski definition) is 0. The van der Waals surface area contributed by atoms with Gasteiger partial charge in [0.2, 0.25) is 5.91 Å². The summed E-state index contributed by atoms with van der Waals surface area (Å²) in [6.45, 7) is 5.93. The maximum Gasteiger partial charge on any atom is 0.222 e. The van der Waals surface area contributed by atoms with Gasteiger partial charge in [0.05, 0.1) is 13.2 Å². The van der Waals surface area contributed by atoms with Gasteiger partial charge in [0.15, 0.2) is 0 Å². The molecule has 0 aliphatic carbocycles. The van der Waals surface area contributed by atoms with Gasteiger partial charge in [-0.3, -0.25) is 9.69 Å². The van der Waals surface area contributed by atoms with E-state index in [2.05, 4.69) is 27.3 Å². The third-order valence-electron chi connectivity index (χ3n) is 5.46. The maximum atomic E-state index is 12.3. The number of carbonyl (C=O) groups excluding carboxylic acids is 1. The minimum Gasteiger partial charge on any atom is -0.378 e. The van der Waals surface area contributed by atoms with Crippen LogP contribution in [0.2, 0.25) is 0 Å². The molecule has 140 valence electrons. The summed E-state index contributed by atoms with van der Waals surface area (Å²) in [7, 11) is 0. The highest BCUT2D eigenvalue weighted by Crippen LogP contribution is 2.23. The van der Waals surface area contributed by atoms with E-state index in [4.69, 9.17) is 9.37 Å². The molecule has 1 atom stereocenters. The number of rotatable bonds is 5. The SMILES string of the molecule is O=C(CC[C@H]1CCCN(Cc2ccc3nonc3c2)C1)N1CCOCC1. The minimum atomic E-state index is 0.286. The topological polar surface area (TPSA) is 71.7 Å². The van der Waals surface area contributed by atoms with Crippen molar-refractivity contribution >= 4 is 16.9 Å². The summed E-state index contributed by atoms with van der Waals surface area (Å²) in [6, 6.07) is 6.11. The molecule has 3 heterocycles. The summed E-state index contributed by atoms with van der Waals surface area (Å²) < 4.78 is 10.1. The predicted octanol–water partition coefficient (Wildman–Crippen LogP) is 2.07. The van der Waals surface area contributed by atoms with Crippen LogP contribution in [0.25, 0.3) is 11.0 Å². The fourth-order valence-electron chi connectivity index (χ4n) is 4.01. The van der Waals surface area contributed by atoms with Crippen LogP contribution in [0.1, 0.15) is 31.2 Å². The van der Waals surface area contributed by atoms with Crippen molar-refractivity contribution in [3.05, 3.63) is 23.8 Å². The fraction of sp³-hybridized carbons (Fsp3) is 0.632. The Morgan fingerprint density at radius 2 is 2.00 bits per heavy atom. The summed E-state index contributed by atoms with van der Waals surface area (Å²) in [5, 5.41) is 7.78. The lowest BCUT2D eigenvalue weighted by Crippen LogP contribution is -2.41. The monoisotopic (exact) mass is 358 g/mol. The van der Waals surface area contributed by atoms with Crippen molar-refractivity contribution in [2.24, 2.45) is 5.92 Å². The molecule has 0 radical (unpaired) electrons. The van der Waals surface area contributed by atoms with Crippen LogP contribution in [0.15, 0.2) is 22.8 Å².